The zero-order chi connectivity index (χ0) is 20.3. The van der Waals surface area contributed by atoms with Crippen LogP contribution in [0.3, 0.4) is 0 Å². The topological polar surface area (TPSA) is 71.0 Å². The lowest BCUT2D eigenvalue weighted by Crippen LogP contribution is -2.57. The number of hydrogen-bond donors (Lipinski definition) is 1. The van der Waals surface area contributed by atoms with Gasteiger partial charge in [-0.05, 0) is 37.0 Å². The first kappa shape index (κ1) is 25.0. The summed E-state index contributed by atoms with van der Waals surface area (Å²) in [5, 5.41) is 3.27. The maximum Gasteiger partial charge on any atom is 0.193 e. The summed E-state index contributed by atoms with van der Waals surface area (Å²) in [5.74, 6) is 1.70. The van der Waals surface area contributed by atoms with Crippen molar-refractivity contribution < 1.29 is 13.2 Å². The fraction of sp³-hybridized carbons (Fsp3) is 0.650. The second-order valence-corrected chi connectivity index (χ2v) is 11.3. The van der Waals surface area contributed by atoms with E-state index in [2.05, 4.69) is 43.2 Å². The van der Waals surface area contributed by atoms with Crippen molar-refractivity contribution in [2.24, 2.45) is 4.99 Å². The Balaban J connectivity index is 0.00000392. The van der Waals surface area contributed by atoms with E-state index in [0.717, 1.165) is 5.75 Å². The highest BCUT2D eigenvalue weighted by Crippen LogP contribution is 2.25. The number of nitrogens with zero attached hydrogens (tertiary/aromatic N) is 2. The van der Waals surface area contributed by atoms with Gasteiger partial charge in [0.1, 0.15) is 12.4 Å². The Hall–Kier alpha value is -1.03. The largest absolute Gasteiger partial charge is 0.492 e. The number of rotatable bonds is 4. The molecule has 0 aliphatic carbocycles. The van der Waals surface area contributed by atoms with Crippen LogP contribution >= 0.6 is 24.0 Å². The van der Waals surface area contributed by atoms with Crippen molar-refractivity contribution in [1.29, 1.82) is 0 Å². The van der Waals surface area contributed by atoms with E-state index in [1.54, 1.807) is 20.9 Å². The van der Waals surface area contributed by atoms with Gasteiger partial charge in [-0.2, -0.15) is 0 Å². The van der Waals surface area contributed by atoms with Gasteiger partial charge >= 0.3 is 0 Å². The van der Waals surface area contributed by atoms with Crippen LogP contribution in [0.2, 0.25) is 0 Å². The summed E-state index contributed by atoms with van der Waals surface area (Å²) >= 11 is 0. The molecule has 8 heteroatoms. The van der Waals surface area contributed by atoms with Crippen molar-refractivity contribution in [3.8, 4) is 5.75 Å². The van der Waals surface area contributed by atoms with Crippen LogP contribution in [-0.4, -0.2) is 63.1 Å². The number of benzene rings is 1. The molecule has 1 N–H and O–H groups in total. The highest BCUT2D eigenvalue weighted by molar-refractivity contribution is 14.0. The molecule has 28 heavy (non-hydrogen) atoms. The SMILES string of the molecule is CN=C(NCCOc1ccc(C(C)(C)C)cc1)N1CCS(=O)(=O)C(C)(C)C1.I. The van der Waals surface area contributed by atoms with E-state index in [1.165, 1.54) is 5.56 Å². The van der Waals surface area contributed by atoms with Gasteiger partial charge in [0.2, 0.25) is 0 Å². The number of ether oxygens (including phenoxy) is 1. The number of aliphatic imine (C=N–C) groups is 1. The summed E-state index contributed by atoms with van der Waals surface area (Å²) < 4.78 is 29.3. The zero-order valence-electron chi connectivity index (χ0n) is 17.8. The van der Waals surface area contributed by atoms with Gasteiger partial charge in [-0.15, -0.1) is 24.0 Å². The van der Waals surface area contributed by atoms with Crippen LogP contribution in [-0.2, 0) is 15.3 Å². The Kier molecular flexibility index (Phi) is 8.62. The van der Waals surface area contributed by atoms with Crippen molar-refractivity contribution >= 4 is 39.8 Å². The minimum atomic E-state index is -3.06. The van der Waals surface area contributed by atoms with Crippen LogP contribution in [0.25, 0.3) is 0 Å². The fourth-order valence-electron chi connectivity index (χ4n) is 3.04. The van der Waals surface area contributed by atoms with Crippen molar-refractivity contribution in [2.75, 3.05) is 39.0 Å². The molecular formula is C20H34IN3O3S. The van der Waals surface area contributed by atoms with Gasteiger partial charge in [-0.1, -0.05) is 32.9 Å². The van der Waals surface area contributed by atoms with Crippen molar-refractivity contribution in [3.63, 3.8) is 0 Å². The molecule has 1 aromatic carbocycles. The smallest absolute Gasteiger partial charge is 0.193 e. The number of hydrogen-bond acceptors (Lipinski definition) is 4. The molecule has 0 radical (unpaired) electrons. The molecule has 2 rings (SSSR count). The second-order valence-electron chi connectivity index (χ2n) is 8.60. The van der Waals surface area contributed by atoms with Gasteiger partial charge in [0.05, 0.1) is 17.0 Å². The van der Waals surface area contributed by atoms with Crippen LogP contribution < -0.4 is 10.1 Å². The van der Waals surface area contributed by atoms with Gasteiger partial charge in [-0.25, -0.2) is 8.42 Å². The van der Waals surface area contributed by atoms with Crippen LogP contribution in [0.5, 0.6) is 5.75 Å². The standard InChI is InChI=1S/C20H33N3O3S.HI/c1-19(2,3)16-7-9-17(10-8-16)26-13-11-22-18(21-6)23-12-14-27(24,25)20(4,5)15-23;/h7-10H,11-15H2,1-6H3,(H,21,22);1H. The van der Waals surface area contributed by atoms with Crippen LogP contribution in [0.15, 0.2) is 29.3 Å². The first-order valence-electron chi connectivity index (χ1n) is 9.37. The molecule has 1 aliphatic rings. The normalized spacial score (nSPS) is 18.9. The Morgan fingerprint density at radius 2 is 1.86 bits per heavy atom. The molecule has 0 amide bonds. The van der Waals surface area contributed by atoms with Crippen molar-refractivity contribution in [2.45, 2.75) is 44.8 Å². The molecule has 1 saturated heterocycles. The molecule has 0 unspecified atom stereocenters. The lowest BCUT2D eigenvalue weighted by Gasteiger charge is -2.39. The zero-order valence-corrected chi connectivity index (χ0v) is 20.9. The number of nitrogens with one attached hydrogen (secondary N) is 1. The Morgan fingerprint density at radius 3 is 2.36 bits per heavy atom. The lowest BCUT2D eigenvalue weighted by molar-refractivity contribution is 0.313. The molecule has 0 bridgehead atoms. The number of sulfone groups is 1. The first-order valence-corrected chi connectivity index (χ1v) is 11.0. The number of guanidine groups is 1. The van der Waals surface area contributed by atoms with Gasteiger partial charge in [-0.3, -0.25) is 4.99 Å². The van der Waals surface area contributed by atoms with E-state index >= 15 is 0 Å². The second kappa shape index (κ2) is 9.65. The third-order valence-corrected chi connectivity index (χ3v) is 7.46. The Bertz CT molecular complexity index is 769. The van der Waals surface area contributed by atoms with Gasteiger partial charge in [0.25, 0.3) is 0 Å². The molecule has 1 heterocycles. The number of halogens is 1. The minimum Gasteiger partial charge on any atom is -0.492 e. The van der Waals surface area contributed by atoms with Crippen molar-refractivity contribution in [3.05, 3.63) is 29.8 Å². The van der Waals surface area contributed by atoms with Crippen molar-refractivity contribution in [1.82, 2.24) is 10.2 Å². The van der Waals surface area contributed by atoms with E-state index in [9.17, 15) is 8.42 Å². The summed E-state index contributed by atoms with van der Waals surface area (Å²) in [7, 11) is -1.35. The predicted octanol–water partition coefficient (Wildman–Crippen LogP) is 3.07. The summed E-state index contributed by atoms with van der Waals surface area (Å²) in [6.45, 7) is 12.1. The molecule has 0 aromatic heterocycles. The Morgan fingerprint density at radius 1 is 1.25 bits per heavy atom. The summed E-state index contributed by atoms with van der Waals surface area (Å²) in [5.41, 5.74) is 1.40. The monoisotopic (exact) mass is 523 g/mol. The third kappa shape index (κ3) is 6.23. The summed E-state index contributed by atoms with van der Waals surface area (Å²) in [6, 6.07) is 8.18. The summed E-state index contributed by atoms with van der Waals surface area (Å²) in [6.07, 6.45) is 0. The molecule has 1 aliphatic heterocycles. The highest BCUT2D eigenvalue weighted by atomic mass is 127. The van der Waals surface area contributed by atoms with E-state index in [4.69, 9.17) is 4.74 Å². The van der Waals surface area contributed by atoms with Gasteiger partial charge in [0, 0.05) is 20.1 Å². The van der Waals surface area contributed by atoms with E-state index in [-0.39, 0.29) is 35.1 Å². The summed E-state index contributed by atoms with van der Waals surface area (Å²) in [4.78, 5) is 6.29. The van der Waals surface area contributed by atoms with Crippen LogP contribution in [0.1, 0.15) is 40.2 Å². The fourth-order valence-corrected chi connectivity index (χ4v) is 4.41. The Labute approximate surface area is 187 Å². The van der Waals surface area contributed by atoms with E-state index < -0.39 is 14.6 Å². The molecule has 0 atom stereocenters. The maximum absolute atomic E-state index is 12.2. The van der Waals surface area contributed by atoms with Crippen LogP contribution in [0.4, 0.5) is 0 Å². The molecule has 6 nitrogen and oxygen atoms in total. The minimum absolute atomic E-state index is 0. The maximum atomic E-state index is 12.2. The molecule has 0 spiro atoms. The van der Waals surface area contributed by atoms with Gasteiger partial charge < -0.3 is 15.0 Å². The molecule has 0 saturated carbocycles. The molecular weight excluding hydrogens is 489 g/mol. The van der Waals surface area contributed by atoms with E-state index in [0.29, 0.717) is 32.2 Å². The highest BCUT2D eigenvalue weighted by Gasteiger charge is 2.40. The van der Waals surface area contributed by atoms with E-state index in [1.807, 2.05) is 17.0 Å². The lowest BCUT2D eigenvalue weighted by atomic mass is 9.87. The average molecular weight is 523 g/mol. The molecule has 160 valence electrons. The quantitative estimate of drug-likeness (QED) is 0.284. The molecule has 1 aromatic rings. The molecule has 1 fully saturated rings. The van der Waals surface area contributed by atoms with Crippen LogP contribution in [0, 0.1) is 0 Å². The average Bonchev–Trinajstić information content (AvgIpc) is 2.57. The van der Waals surface area contributed by atoms with Gasteiger partial charge in [0.15, 0.2) is 15.8 Å². The third-order valence-electron chi connectivity index (χ3n) is 4.93. The predicted molar refractivity (Wildman–Crippen MR) is 127 cm³/mol. The first-order chi connectivity index (χ1) is 12.5.